The quantitative estimate of drug-likeness (QED) is 0.185. The maximum Gasteiger partial charge on any atom is 0.138 e. The van der Waals surface area contributed by atoms with Crippen molar-refractivity contribution in [2.75, 3.05) is 22.9 Å². The van der Waals surface area contributed by atoms with Crippen molar-refractivity contribution >= 4 is 22.7 Å². The molecule has 0 aliphatic carbocycles. The molecule has 0 saturated carbocycles. The van der Waals surface area contributed by atoms with Gasteiger partial charge in [-0.25, -0.2) is 0 Å². The lowest BCUT2D eigenvalue weighted by atomic mass is 10.2. The maximum absolute atomic E-state index is 8.86. The highest BCUT2D eigenvalue weighted by molar-refractivity contribution is 5.59. The fourth-order valence-corrected chi connectivity index (χ4v) is 1.72. The Morgan fingerprint density at radius 2 is 1.12 bits per heavy atom. The second-order valence-electron chi connectivity index (χ2n) is 5.45. The molecule has 3 aromatic carbocycles. The Kier molecular flexibility index (Phi) is 7.44. The summed E-state index contributed by atoms with van der Waals surface area (Å²) in [5, 5.41) is 26.2. The van der Waals surface area contributed by atoms with Crippen LogP contribution in [0.15, 0.2) is 60.7 Å². The van der Waals surface area contributed by atoms with Crippen LogP contribution in [0.4, 0.5) is 22.7 Å². The van der Waals surface area contributed by atoms with Gasteiger partial charge in [0.15, 0.2) is 0 Å². The molecule has 0 saturated heterocycles. The van der Waals surface area contributed by atoms with E-state index in [9.17, 15) is 0 Å². The first-order chi connectivity index (χ1) is 12.2. The van der Waals surface area contributed by atoms with Crippen molar-refractivity contribution in [2.45, 2.75) is 6.92 Å². The van der Waals surface area contributed by atoms with Gasteiger partial charge in [0, 0.05) is 23.1 Å². The number of phenols is 3. The third kappa shape index (κ3) is 7.22. The first-order valence-electron chi connectivity index (χ1n) is 7.62. The first kappa shape index (κ1) is 20.3. The zero-order chi connectivity index (χ0) is 19.7. The van der Waals surface area contributed by atoms with Gasteiger partial charge in [-0.2, -0.15) is 0 Å². The molecule has 3 aromatic rings. The molecule has 3 rings (SSSR count). The van der Waals surface area contributed by atoms with Gasteiger partial charge in [-0.05, 0) is 55.0 Å². The number of nitrogens with two attached hydrogens (primary N) is 4. The van der Waals surface area contributed by atoms with Gasteiger partial charge in [-0.1, -0.05) is 12.1 Å². The predicted octanol–water partition coefficient (Wildman–Crippen LogP) is 2.81. The van der Waals surface area contributed by atoms with Gasteiger partial charge in [0.25, 0.3) is 0 Å². The highest BCUT2D eigenvalue weighted by Gasteiger charge is 1.93. The van der Waals surface area contributed by atoms with E-state index in [2.05, 4.69) is 0 Å². The Labute approximate surface area is 152 Å². The summed E-state index contributed by atoms with van der Waals surface area (Å²) < 4.78 is 0. The van der Waals surface area contributed by atoms with Crippen LogP contribution >= 0.6 is 0 Å². The Morgan fingerprint density at radius 3 is 1.46 bits per heavy atom. The van der Waals surface area contributed by atoms with Gasteiger partial charge in [0.2, 0.25) is 0 Å². The Morgan fingerprint density at radius 1 is 0.615 bits per heavy atom. The number of rotatable bonds is 0. The largest absolute Gasteiger partial charge is 0.508 e. The number of aromatic hydroxyl groups is 3. The van der Waals surface area contributed by atoms with Crippen LogP contribution in [-0.4, -0.2) is 15.3 Å². The van der Waals surface area contributed by atoms with Crippen molar-refractivity contribution in [3.8, 4) is 17.2 Å². The van der Waals surface area contributed by atoms with Crippen LogP contribution in [0, 0.1) is 6.92 Å². The average molecular weight is 356 g/mol. The molecule has 138 valence electrons. The molecule has 7 nitrogen and oxygen atoms in total. The summed E-state index contributed by atoms with van der Waals surface area (Å²) in [5.41, 5.74) is 25.0. The molecule has 0 fully saturated rings. The fraction of sp³-hybridized carbons (Fsp3) is 0.0526. The molecule has 0 aromatic heterocycles. The van der Waals surface area contributed by atoms with Crippen molar-refractivity contribution in [1.82, 2.24) is 0 Å². The molecule has 0 aliphatic rings. The molecule has 0 atom stereocenters. The van der Waals surface area contributed by atoms with Crippen LogP contribution < -0.4 is 22.9 Å². The molecule has 0 spiro atoms. The van der Waals surface area contributed by atoms with Crippen molar-refractivity contribution in [1.29, 1.82) is 0 Å². The summed E-state index contributed by atoms with van der Waals surface area (Å²) in [6, 6.07) is 15.9. The van der Waals surface area contributed by atoms with Gasteiger partial charge < -0.3 is 38.3 Å². The number of anilines is 4. The third-order valence-corrected chi connectivity index (χ3v) is 3.18. The lowest BCUT2D eigenvalue weighted by Gasteiger charge is -1.98. The van der Waals surface area contributed by atoms with Gasteiger partial charge in [0.1, 0.15) is 17.2 Å². The van der Waals surface area contributed by atoms with E-state index in [1.807, 2.05) is 19.1 Å². The molecule has 0 aliphatic heterocycles. The van der Waals surface area contributed by atoms with Crippen molar-refractivity contribution in [3.05, 3.63) is 66.2 Å². The molecule has 0 unspecified atom stereocenters. The minimum atomic E-state index is 0.0733. The number of hydrogen-bond acceptors (Lipinski definition) is 7. The number of hydrogen-bond donors (Lipinski definition) is 7. The number of benzene rings is 3. The maximum atomic E-state index is 8.86. The summed E-state index contributed by atoms with van der Waals surface area (Å²) in [4.78, 5) is 0. The molecule has 0 bridgehead atoms. The van der Waals surface area contributed by atoms with E-state index in [0.717, 1.165) is 16.9 Å². The van der Waals surface area contributed by atoms with Crippen LogP contribution in [0.1, 0.15) is 5.56 Å². The lowest BCUT2D eigenvalue weighted by molar-refractivity contribution is 0.450. The number of nitrogen functional groups attached to an aromatic ring is 4. The molecule has 0 amide bonds. The van der Waals surface area contributed by atoms with Crippen LogP contribution in [-0.2, 0) is 0 Å². The molecule has 11 N–H and O–H groups in total. The zero-order valence-electron chi connectivity index (χ0n) is 14.4. The molecule has 26 heavy (non-hydrogen) atoms. The third-order valence-electron chi connectivity index (χ3n) is 3.18. The normalized spacial score (nSPS) is 9.27. The second-order valence-corrected chi connectivity index (χ2v) is 5.45. The lowest BCUT2D eigenvalue weighted by Crippen LogP contribution is -1.91. The van der Waals surface area contributed by atoms with E-state index in [1.54, 1.807) is 18.2 Å². The summed E-state index contributed by atoms with van der Waals surface area (Å²) in [6.45, 7) is 1.95. The summed E-state index contributed by atoms with van der Waals surface area (Å²) >= 11 is 0. The van der Waals surface area contributed by atoms with E-state index >= 15 is 0 Å². The molecular weight excluding hydrogens is 332 g/mol. The predicted molar refractivity (Wildman–Crippen MR) is 107 cm³/mol. The topological polar surface area (TPSA) is 165 Å². The second kappa shape index (κ2) is 9.53. The summed E-state index contributed by atoms with van der Waals surface area (Å²) in [6.07, 6.45) is 0. The smallest absolute Gasteiger partial charge is 0.138 e. The summed E-state index contributed by atoms with van der Waals surface area (Å²) in [7, 11) is 0. The van der Waals surface area contributed by atoms with Gasteiger partial charge in [-0.3, -0.25) is 0 Å². The fourth-order valence-electron chi connectivity index (χ4n) is 1.72. The van der Waals surface area contributed by atoms with Crippen LogP contribution in [0.2, 0.25) is 0 Å². The van der Waals surface area contributed by atoms with Gasteiger partial charge >= 0.3 is 0 Å². The Hall–Kier alpha value is -3.74. The van der Waals surface area contributed by atoms with Crippen molar-refractivity contribution in [2.24, 2.45) is 0 Å². The minimum Gasteiger partial charge on any atom is -0.508 e. The zero-order valence-corrected chi connectivity index (χ0v) is 14.4. The number of phenolic OH excluding ortho intramolecular Hbond substituents is 3. The molecule has 7 heteroatoms. The van der Waals surface area contributed by atoms with Crippen molar-refractivity contribution in [3.63, 3.8) is 0 Å². The van der Waals surface area contributed by atoms with Crippen LogP contribution in [0.25, 0.3) is 0 Å². The first-order valence-corrected chi connectivity index (χ1v) is 7.62. The van der Waals surface area contributed by atoms with E-state index in [1.165, 1.54) is 30.3 Å². The molecule has 0 heterocycles. The standard InChI is InChI=1S/C7H10N2.C6H8N2O.C6H6O2/c1-5-2-3-6(8)4-7(5)9;7-4-1-2-6(9)5(8)3-4;7-5-2-1-3-6(8)4-5/h2-4H,8-9H2,1H3;1-3,9H,7-8H2;1-4,7-8H. The van der Waals surface area contributed by atoms with E-state index in [0.29, 0.717) is 11.4 Å². The molecule has 0 radical (unpaired) electrons. The van der Waals surface area contributed by atoms with Gasteiger partial charge in [0.05, 0.1) is 5.69 Å². The molecular formula is C19H24N4O3. The minimum absolute atomic E-state index is 0.0733. The summed E-state index contributed by atoms with van der Waals surface area (Å²) in [5.74, 6) is 0.249. The average Bonchev–Trinajstić information content (AvgIpc) is 2.56. The van der Waals surface area contributed by atoms with E-state index in [4.69, 9.17) is 38.3 Å². The highest BCUT2D eigenvalue weighted by atomic mass is 16.3. The Bertz CT molecular complexity index is 787. The van der Waals surface area contributed by atoms with Crippen LogP contribution in [0.5, 0.6) is 17.2 Å². The Balaban J connectivity index is 0.000000195. The van der Waals surface area contributed by atoms with Gasteiger partial charge in [-0.15, -0.1) is 0 Å². The van der Waals surface area contributed by atoms with E-state index < -0.39 is 0 Å². The van der Waals surface area contributed by atoms with Crippen LogP contribution in [0.3, 0.4) is 0 Å². The number of aryl methyl sites for hydroxylation is 1. The van der Waals surface area contributed by atoms with E-state index in [-0.39, 0.29) is 17.2 Å². The van der Waals surface area contributed by atoms with Crippen molar-refractivity contribution < 1.29 is 15.3 Å². The SMILES string of the molecule is Cc1ccc(N)cc1N.Nc1ccc(O)c(N)c1.Oc1cccc(O)c1. The highest BCUT2D eigenvalue weighted by Crippen LogP contribution is 2.20. The monoisotopic (exact) mass is 356 g/mol.